The van der Waals surface area contributed by atoms with Crippen LogP contribution >= 0.6 is 0 Å². The third kappa shape index (κ3) is 2.28. The molecule has 25 heavy (non-hydrogen) atoms. The maximum Gasteiger partial charge on any atom is 0.229 e. The van der Waals surface area contributed by atoms with Crippen molar-refractivity contribution in [1.29, 1.82) is 0 Å². The molecule has 4 heteroatoms. The fourth-order valence-electron chi connectivity index (χ4n) is 3.19. The maximum absolute atomic E-state index is 14.5. The van der Waals surface area contributed by atoms with Crippen molar-refractivity contribution in [2.24, 2.45) is 7.05 Å². The van der Waals surface area contributed by atoms with Crippen molar-refractivity contribution in [2.45, 2.75) is 13.8 Å². The van der Waals surface area contributed by atoms with E-state index in [4.69, 9.17) is 15.1 Å². The Bertz CT molecular complexity index is 1300. The molecule has 0 aliphatic rings. The molecule has 4 aromatic rings. The first-order valence-corrected chi connectivity index (χ1v) is 7.74. The van der Waals surface area contributed by atoms with Gasteiger partial charge in [0.25, 0.3) is 0 Å². The second-order valence-electron chi connectivity index (χ2n) is 6.06. The van der Waals surface area contributed by atoms with Crippen LogP contribution in [-0.2, 0) is 7.05 Å². The highest BCUT2D eigenvalue weighted by Gasteiger charge is 2.19. The zero-order chi connectivity index (χ0) is 20.2. The summed E-state index contributed by atoms with van der Waals surface area (Å²) in [5, 5.41) is 1.73. The summed E-state index contributed by atoms with van der Waals surface area (Å²) in [5.41, 5.74) is 3.39. The van der Waals surface area contributed by atoms with Crippen molar-refractivity contribution in [3.63, 3.8) is 0 Å². The SMILES string of the molecule is [2H]C([2H])([2H])c1c[n+](C)c(-c2cc3oc4c([N+]#[C-])cccc4c3cc2C)cc1F. The summed E-state index contributed by atoms with van der Waals surface area (Å²) in [5.74, 6) is -0.771. The van der Waals surface area contributed by atoms with Gasteiger partial charge in [0.2, 0.25) is 11.4 Å². The molecule has 0 saturated carbocycles. The Balaban J connectivity index is 1.98. The second kappa shape index (κ2) is 5.42. The number of para-hydroxylation sites is 1. The zero-order valence-electron chi connectivity index (χ0n) is 16.7. The minimum absolute atomic E-state index is 0.317. The van der Waals surface area contributed by atoms with E-state index in [-0.39, 0.29) is 5.56 Å². The van der Waals surface area contributed by atoms with Gasteiger partial charge < -0.3 is 4.42 Å². The number of hydrogen-bond acceptors (Lipinski definition) is 1. The molecule has 3 nitrogen and oxygen atoms in total. The van der Waals surface area contributed by atoms with Crippen molar-refractivity contribution in [1.82, 2.24) is 0 Å². The molecule has 0 spiro atoms. The molecule has 0 amide bonds. The molecule has 0 radical (unpaired) electrons. The molecule has 0 unspecified atom stereocenters. The lowest BCUT2D eigenvalue weighted by atomic mass is 10.0. The minimum Gasteiger partial charge on any atom is -0.467 e. The number of nitrogens with zero attached hydrogens (tertiary/aromatic N) is 2. The van der Waals surface area contributed by atoms with E-state index in [2.05, 4.69) is 4.85 Å². The van der Waals surface area contributed by atoms with E-state index in [0.29, 0.717) is 22.5 Å². The monoisotopic (exact) mass is 334 g/mol. The quantitative estimate of drug-likeness (QED) is 0.338. The zero-order valence-corrected chi connectivity index (χ0v) is 13.7. The topological polar surface area (TPSA) is 21.4 Å². The van der Waals surface area contributed by atoms with Gasteiger partial charge in [-0.05, 0) is 31.5 Å². The average Bonchev–Trinajstić information content (AvgIpc) is 2.99. The average molecular weight is 334 g/mol. The lowest BCUT2D eigenvalue weighted by molar-refractivity contribution is -0.661. The molecule has 122 valence electrons. The summed E-state index contributed by atoms with van der Waals surface area (Å²) in [6.07, 6.45) is 1.30. The molecular weight excluding hydrogens is 315 g/mol. The van der Waals surface area contributed by atoms with Crippen molar-refractivity contribution < 1.29 is 17.5 Å². The van der Waals surface area contributed by atoms with Crippen molar-refractivity contribution >= 4 is 27.6 Å². The van der Waals surface area contributed by atoms with Crippen LogP contribution in [0.4, 0.5) is 10.1 Å². The lowest BCUT2D eigenvalue weighted by Crippen LogP contribution is -2.31. The standard InChI is InChI=1S/C21H16FN2O/c1-12-8-16-14-6-5-7-18(23-3)21(14)25-20(16)9-15(12)19-10-17(22)13(2)11-24(19)4/h5-11H,1-2,4H3/q+1/i2D3. The number of aromatic nitrogens is 1. The van der Waals surface area contributed by atoms with Crippen molar-refractivity contribution in [3.05, 3.63) is 71.0 Å². The van der Waals surface area contributed by atoms with Gasteiger partial charge in [-0.2, -0.15) is 0 Å². The van der Waals surface area contributed by atoms with Gasteiger partial charge in [0, 0.05) is 26.5 Å². The van der Waals surface area contributed by atoms with Gasteiger partial charge in [0.1, 0.15) is 24.0 Å². The molecule has 0 atom stereocenters. The van der Waals surface area contributed by atoms with E-state index in [0.717, 1.165) is 21.9 Å². The number of pyridine rings is 1. The Labute approximate surface area is 149 Å². The van der Waals surface area contributed by atoms with Crippen molar-refractivity contribution in [2.75, 3.05) is 0 Å². The van der Waals surface area contributed by atoms with Gasteiger partial charge >= 0.3 is 0 Å². The van der Waals surface area contributed by atoms with Crippen LogP contribution in [0.1, 0.15) is 15.2 Å². The van der Waals surface area contributed by atoms with Crippen molar-refractivity contribution in [3.8, 4) is 11.3 Å². The Morgan fingerprint density at radius 3 is 2.80 bits per heavy atom. The van der Waals surface area contributed by atoms with Crippen LogP contribution in [-0.4, -0.2) is 0 Å². The fraction of sp³-hybridized carbons (Fsp3) is 0.143. The number of hydrogen-bond donors (Lipinski definition) is 0. The maximum atomic E-state index is 14.5. The summed E-state index contributed by atoms with van der Waals surface area (Å²) in [6.45, 7) is 6.70. The highest BCUT2D eigenvalue weighted by atomic mass is 19.1. The minimum atomic E-state index is -2.52. The highest BCUT2D eigenvalue weighted by molar-refractivity contribution is 6.10. The van der Waals surface area contributed by atoms with Gasteiger partial charge in [-0.25, -0.2) is 13.8 Å². The van der Waals surface area contributed by atoms with E-state index in [1.807, 2.05) is 31.2 Å². The van der Waals surface area contributed by atoms with Gasteiger partial charge in [-0.1, -0.05) is 18.2 Å². The number of halogens is 1. The first-order valence-electron chi connectivity index (χ1n) is 9.24. The molecule has 2 aromatic heterocycles. The molecule has 2 heterocycles. The highest BCUT2D eigenvalue weighted by Crippen LogP contribution is 2.37. The van der Waals surface area contributed by atoms with E-state index >= 15 is 0 Å². The van der Waals surface area contributed by atoms with Crippen LogP contribution in [0.25, 0.3) is 38.0 Å². The summed E-state index contributed by atoms with van der Waals surface area (Å²) in [4.78, 5) is 3.50. The predicted molar refractivity (Wildman–Crippen MR) is 96.0 cm³/mol. The normalized spacial score (nSPS) is 13.4. The summed E-state index contributed by atoms with van der Waals surface area (Å²) in [7, 11) is 1.68. The molecule has 4 rings (SSSR count). The van der Waals surface area contributed by atoms with Gasteiger partial charge in [-0.3, -0.25) is 0 Å². The molecule has 0 saturated heterocycles. The van der Waals surface area contributed by atoms with E-state index in [1.165, 1.54) is 12.3 Å². The molecule has 0 bridgehead atoms. The van der Waals surface area contributed by atoms with Crippen LogP contribution in [0, 0.1) is 26.2 Å². The number of aryl methyl sites for hydroxylation is 3. The van der Waals surface area contributed by atoms with Gasteiger partial charge in [0.05, 0.1) is 12.1 Å². The van der Waals surface area contributed by atoms with Gasteiger partial charge in [-0.15, -0.1) is 0 Å². The number of benzene rings is 2. The van der Waals surface area contributed by atoms with Crippen LogP contribution in [0.15, 0.2) is 47.0 Å². The molecule has 0 N–H and O–H groups in total. The second-order valence-corrected chi connectivity index (χ2v) is 6.06. The Morgan fingerprint density at radius 1 is 1.20 bits per heavy atom. The number of fused-ring (bicyclic) bond motifs is 3. The predicted octanol–water partition coefficient (Wildman–Crippen LogP) is 5.38. The first kappa shape index (κ1) is 12.2. The first-order chi connectivity index (χ1) is 13.2. The molecular formula is C21H16FN2O+. The van der Waals surface area contributed by atoms with Crippen LogP contribution in [0.2, 0.25) is 0 Å². The largest absolute Gasteiger partial charge is 0.467 e. The summed E-state index contributed by atoms with van der Waals surface area (Å²) >= 11 is 0. The van der Waals surface area contributed by atoms with E-state index in [1.54, 1.807) is 17.7 Å². The van der Waals surface area contributed by atoms with E-state index in [9.17, 15) is 4.39 Å². The van der Waals surface area contributed by atoms with Gasteiger partial charge in [0.15, 0.2) is 6.20 Å². The third-order valence-corrected chi connectivity index (χ3v) is 4.44. The summed E-state index contributed by atoms with van der Waals surface area (Å²) in [6, 6.07) is 10.4. The van der Waals surface area contributed by atoms with Crippen LogP contribution in [0.5, 0.6) is 0 Å². The Hall–Kier alpha value is -3.19. The lowest BCUT2D eigenvalue weighted by Gasteiger charge is -2.06. The Morgan fingerprint density at radius 2 is 2.04 bits per heavy atom. The number of furan rings is 1. The molecule has 0 aliphatic carbocycles. The van der Waals surface area contributed by atoms with Crippen LogP contribution < -0.4 is 4.57 Å². The molecule has 0 fully saturated rings. The molecule has 0 aliphatic heterocycles. The molecule has 2 aromatic carbocycles. The van der Waals surface area contributed by atoms with E-state index < -0.39 is 12.7 Å². The smallest absolute Gasteiger partial charge is 0.229 e. The summed E-state index contributed by atoms with van der Waals surface area (Å²) < 4.78 is 44.5. The van der Waals surface area contributed by atoms with Crippen LogP contribution in [0.3, 0.4) is 0 Å². The number of rotatable bonds is 1. The Kier molecular flexibility index (Phi) is 2.65. The third-order valence-electron chi connectivity index (χ3n) is 4.44. The fourth-order valence-corrected chi connectivity index (χ4v) is 3.19.